The Hall–Kier alpha value is -1.12. The maximum atomic E-state index is 11.6. The van der Waals surface area contributed by atoms with Gasteiger partial charge in [-0.25, -0.2) is 4.79 Å². The summed E-state index contributed by atoms with van der Waals surface area (Å²) in [6.07, 6.45) is 6.04. The van der Waals surface area contributed by atoms with Crippen molar-refractivity contribution in [3.8, 4) is 0 Å². The predicted molar refractivity (Wildman–Crippen MR) is 77.9 cm³/mol. The Labute approximate surface area is 117 Å². The van der Waals surface area contributed by atoms with E-state index in [0.29, 0.717) is 12.5 Å². The van der Waals surface area contributed by atoms with E-state index in [0.717, 1.165) is 18.8 Å². The van der Waals surface area contributed by atoms with Crippen molar-refractivity contribution in [3.05, 3.63) is 11.6 Å². The van der Waals surface area contributed by atoms with Gasteiger partial charge in [-0.1, -0.05) is 46.1 Å². The van der Waals surface area contributed by atoms with Crippen molar-refractivity contribution in [2.45, 2.75) is 60.3 Å². The fraction of sp³-hybridized carbons (Fsp3) is 0.750. The second-order valence-electron chi connectivity index (χ2n) is 5.56. The van der Waals surface area contributed by atoms with Crippen LogP contribution in [0.15, 0.2) is 11.6 Å². The molecule has 0 aliphatic carbocycles. The Bertz CT molecular complexity index is 316. The summed E-state index contributed by atoms with van der Waals surface area (Å²) in [7, 11) is 0. The van der Waals surface area contributed by atoms with E-state index in [9.17, 15) is 9.59 Å². The predicted octanol–water partition coefficient (Wildman–Crippen LogP) is 3.92. The monoisotopic (exact) mass is 268 g/mol. The minimum Gasteiger partial charge on any atom is -0.462 e. The van der Waals surface area contributed by atoms with Crippen molar-refractivity contribution in [2.24, 2.45) is 11.8 Å². The van der Waals surface area contributed by atoms with Crippen LogP contribution in [0.5, 0.6) is 0 Å². The Kier molecular flexibility index (Phi) is 9.19. The molecule has 0 radical (unpaired) electrons. The van der Waals surface area contributed by atoms with Crippen LogP contribution in [0.1, 0.15) is 60.3 Å². The Morgan fingerprint density at radius 2 is 1.79 bits per heavy atom. The highest BCUT2D eigenvalue weighted by molar-refractivity contribution is 6.16. The molecule has 0 aromatic heterocycles. The number of Topliss-reactive ketones (excluding diaryl/α,β-unsaturated/α-hetero) is 1. The lowest BCUT2D eigenvalue weighted by molar-refractivity contribution is -0.139. The number of carbonyl (C=O) groups is 2. The van der Waals surface area contributed by atoms with Crippen LogP contribution in [0.3, 0.4) is 0 Å². The third-order valence-corrected chi connectivity index (χ3v) is 3.08. The van der Waals surface area contributed by atoms with Gasteiger partial charge >= 0.3 is 5.97 Å². The normalized spacial score (nSPS) is 13.5. The number of ether oxygens (including phenoxy) is 1. The highest BCUT2D eigenvalue weighted by Gasteiger charge is 2.15. The van der Waals surface area contributed by atoms with Crippen LogP contribution in [0, 0.1) is 11.8 Å². The van der Waals surface area contributed by atoms with Gasteiger partial charge in [0.15, 0.2) is 5.78 Å². The summed E-state index contributed by atoms with van der Waals surface area (Å²) in [5, 5.41) is 0. The van der Waals surface area contributed by atoms with E-state index in [1.165, 1.54) is 19.8 Å². The second kappa shape index (κ2) is 9.76. The second-order valence-corrected chi connectivity index (χ2v) is 5.56. The maximum Gasteiger partial charge on any atom is 0.341 e. The van der Waals surface area contributed by atoms with Crippen LogP contribution in [0.4, 0.5) is 0 Å². The number of carbonyl (C=O) groups excluding carboxylic acids is 2. The van der Waals surface area contributed by atoms with E-state index in [4.69, 9.17) is 4.74 Å². The third kappa shape index (κ3) is 8.57. The lowest BCUT2D eigenvalue weighted by atomic mass is 9.96. The van der Waals surface area contributed by atoms with Crippen molar-refractivity contribution < 1.29 is 14.3 Å². The minimum atomic E-state index is -0.496. The first-order chi connectivity index (χ1) is 8.88. The molecule has 110 valence electrons. The number of hydrogen-bond donors (Lipinski definition) is 0. The van der Waals surface area contributed by atoms with Crippen LogP contribution in [-0.4, -0.2) is 18.4 Å². The maximum absolute atomic E-state index is 11.6. The fourth-order valence-corrected chi connectivity index (χ4v) is 1.89. The van der Waals surface area contributed by atoms with Gasteiger partial charge in [-0.2, -0.15) is 0 Å². The minimum absolute atomic E-state index is 0.192. The zero-order valence-corrected chi connectivity index (χ0v) is 13.0. The van der Waals surface area contributed by atoms with Gasteiger partial charge in [0.1, 0.15) is 0 Å². The number of esters is 1. The summed E-state index contributed by atoms with van der Waals surface area (Å²) >= 11 is 0. The molecule has 19 heavy (non-hydrogen) atoms. The summed E-state index contributed by atoms with van der Waals surface area (Å²) in [4.78, 5) is 23.0. The topological polar surface area (TPSA) is 43.4 Å². The molecule has 0 spiro atoms. The smallest absolute Gasteiger partial charge is 0.341 e. The average Bonchev–Trinajstić information content (AvgIpc) is 2.28. The standard InChI is InChI=1S/C16H28O3/c1-6-19-16(18)15(14(5)17)11-10-13(4)9-7-8-12(2)3/h11-13H,6-10H2,1-5H3. The number of hydrogen-bond acceptors (Lipinski definition) is 3. The molecular weight excluding hydrogens is 240 g/mol. The molecule has 0 saturated heterocycles. The summed E-state index contributed by atoms with van der Waals surface area (Å²) in [6.45, 7) is 10.0. The van der Waals surface area contributed by atoms with E-state index >= 15 is 0 Å². The third-order valence-electron chi connectivity index (χ3n) is 3.08. The molecule has 0 rings (SSSR count). The summed E-state index contributed by atoms with van der Waals surface area (Å²) in [5.41, 5.74) is 0.192. The van der Waals surface area contributed by atoms with E-state index < -0.39 is 5.97 Å². The van der Waals surface area contributed by atoms with Gasteiger partial charge < -0.3 is 4.74 Å². The van der Waals surface area contributed by atoms with Crippen molar-refractivity contribution in [2.75, 3.05) is 6.61 Å². The summed E-state index contributed by atoms with van der Waals surface area (Å²) < 4.78 is 4.88. The van der Waals surface area contributed by atoms with Crippen molar-refractivity contribution in [3.63, 3.8) is 0 Å². The molecule has 0 bridgehead atoms. The van der Waals surface area contributed by atoms with E-state index in [1.807, 2.05) is 0 Å². The molecule has 3 nitrogen and oxygen atoms in total. The van der Waals surface area contributed by atoms with Gasteiger partial charge in [-0.05, 0) is 32.1 Å². The molecule has 0 aliphatic rings. The van der Waals surface area contributed by atoms with E-state index in [-0.39, 0.29) is 11.4 Å². The number of ketones is 1. The largest absolute Gasteiger partial charge is 0.462 e. The molecule has 3 heteroatoms. The molecule has 0 amide bonds. The molecule has 0 saturated carbocycles. The first-order valence-corrected chi connectivity index (χ1v) is 7.26. The van der Waals surface area contributed by atoms with Crippen molar-refractivity contribution in [1.82, 2.24) is 0 Å². The number of allylic oxidation sites excluding steroid dienone is 1. The zero-order chi connectivity index (χ0) is 14.8. The average molecular weight is 268 g/mol. The van der Waals surface area contributed by atoms with Crippen LogP contribution >= 0.6 is 0 Å². The highest BCUT2D eigenvalue weighted by Crippen LogP contribution is 2.17. The van der Waals surface area contributed by atoms with Gasteiger partial charge in [-0.15, -0.1) is 0 Å². The van der Waals surface area contributed by atoms with Crippen molar-refractivity contribution in [1.29, 1.82) is 0 Å². The summed E-state index contributed by atoms with van der Waals surface area (Å²) in [5.74, 6) is 0.509. The molecule has 0 aromatic rings. The molecule has 0 aromatic carbocycles. The van der Waals surface area contributed by atoms with Gasteiger partial charge in [0, 0.05) is 0 Å². The lowest BCUT2D eigenvalue weighted by Gasteiger charge is -2.11. The van der Waals surface area contributed by atoms with Gasteiger partial charge in [0.2, 0.25) is 0 Å². The molecule has 0 aliphatic heterocycles. The Morgan fingerprint density at radius 3 is 2.26 bits per heavy atom. The Morgan fingerprint density at radius 1 is 1.16 bits per heavy atom. The van der Waals surface area contributed by atoms with Gasteiger partial charge in [0.25, 0.3) is 0 Å². The lowest BCUT2D eigenvalue weighted by Crippen LogP contribution is -2.14. The van der Waals surface area contributed by atoms with E-state index in [1.54, 1.807) is 13.0 Å². The van der Waals surface area contributed by atoms with Gasteiger partial charge in [0.05, 0.1) is 12.2 Å². The summed E-state index contributed by atoms with van der Waals surface area (Å²) in [6, 6.07) is 0. The van der Waals surface area contributed by atoms with Crippen LogP contribution < -0.4 is 0 Å². The Balaban J connectivity index is 4.30. The fourth-order valence-electron chi connectivity index (χ4n) is 1.89. The first kappa shape index (κ1) is 17.9. The van der Waals surface area contributed by atoms with E-state index in [2.05, 4.69) is 20.8 Å². The number of rotatable bonds is 9. The SMILES string of the molecule is CCOC(=O)C(=CCC(C)CCCC(C)C)C(C)=O. The van der Waals surface area contributed by atoms with Crippen LogP contribution in [0.2, 0.25) is 0 Å². The van der Waals surface area contributed by atoms with Crippen LogP contribution in [0.25, 0.3) is 0 Å². The first-order valence-electron chi connectivity index (χ1n) is 7.26. The van der Waals surface area contributed by atoms with Gasteiger partial charge in [-0.3, -0.25) is 4.79 Å². The molecular formula is C16H28O3. The molecule has 0 fully saturated rings. The highest BCUT2D eigenvalue weighted by atomic mass is 16.5. The quantitative estimate of drug-likeness (QED) is 0.275. The molecule has 0 N–H and O–H groups in total. The molecule has 0 heterocycles. The molecule has 1 atom stereocenters. The zero-order valence-electron chi connectivity index (χ0n) is 13.0. The molecule has 1 unspecified atom stereocenters. The van der Waals surface area contributed by atoms with Crippen molar-refractivity contribution >= 4 is 11.8 Å². The van der Waals surface area contributed by atoms with Crippen LogP contribution in [-0.2, 0) is 14.3 Å².